The number of carbonyl (C=O) groups is 2. The van der Waals surface area contributed by atoms with Gasteiger partial charge in [-0.2, -0.15) is 0 Å². The summed E-state index contributed by atoms with van der Waals surface area (Å²) in [6, 6.07) is 0. The van der Waals surface area contributed by atoms with Crippen LogP contribution in [0.15, 0.2) is 24.3 Å². The summed E-state index contributed by atoms with van der Waals surface area (Å²) in [4.78, 5) is 34.9. The molecule has 0 aromatic heterocycles. The number of phosphoric ester groups is 1. The van der Waals surface area contributed by atoms with Crippen molar-refractivity contribution in [1.82, 2.24) is 0 Å². The predicted octanol–water partition coefficient (Wildman–Crippen LogP) is 10.6. The number of aliphatic hydroxyl groups is 2. The van der Waals surface area contributed by atoms with Crippen molar-refractivity contribution in [2.75, 3.05) is 26.4 Å². The van der Waals surface area contributed by atoms with E-state index in [0.29, 0.717) is 12.8 Å². The zero-order valence-corrected chi connectivity index (χ0v) is 33.9. The molecule has 0 fully saturated rings. The monoisotopic (exact) mass is 761 g/mol. The molecule has 3 atom stereocenters. The highest BCUT2D eigenvalue weighted by molar-refractivity contribution is 7.47. The zero-order chi connectivity index (χ0) is 38.4. The third kappa shape index (κ3) is 36.8. The number of ether oxygens (including phenoxy) is 2. The summed E-state index contributed by atoms with van der Waals surface area (Å²) in [5.41, 5.74) is 0. The summed E-state index contributed by atoms with van der Waals surface area (Å²) in [6.07, 6.45) is 35.7. The number of esters is 2. The fourth-order valence-electron chi connectivity index (χ4n) is 5.61. The molecule has 11 heteroatoms. The van der Waals surface area contributed by atoms with Gasteiger partial charge in [-0.05, 0) is 44.9 Å². The van der Waals surface area contributed by atoms with Crippen LogP contribution in [0.5, 0.6) is 0 Å². The van der Waals surface area contributed by atoms with Crippen molar-refractivity contribution in [3.8, 4) is 0 Å². The summed E-state index contributed by atoms with van der Waals surface area (Å²) in [7, 11) is -4.61. The van der Waals surface area contributed by atoms with Crippen molar-refractivity contribution in [2.24, 2.45) is 0 Å². The number of hydrogen-bond donors (Lipinski definition) is 3. The van der Waals surface area contributed by atoms with Crippen LogP contribution in [0.1, 0.15) is 187 Å². The Morgan fingerprint density at radius 2 is 1.00 bits per heavy atom. The van der Waals surface area contributed by atoms with E-state index in [1.807, 2.05) is 0 Å². The normalized spacial score (nSPS) is 14.2. The van der Waals surface area contributed by atoms with E-state index in [0.717, 1.165) is 51.4 Å². The Hall–Kier alpha value is -1.55. The van der Waals surface area contributed by atoms with E-state index in [1.54, 1.807) is 0 Å². The maximum atomic E-state index is 12.6. The van der Waals surface area contributed by atoms with Crippen LogP contribution in [-0.4, -0.2) is 65.7 Å². The quantitative estimate of drug-likeness (QED) is 0.0239. The SMILES string of the molecule is CCCCCC/C=C\C/C=C\CCCCCCCCCC(=O)OC(COC(=O)CCCCCCCCCCCCC)COP(=O)(O)OCC(O)CO. The third-order valence-corrected chi connectivity index (χ3v) is 9.81. The average molecular weight is 761 g/mol. The van der Waals surface area contributed by atoms with Gasteiger partial charge >= 0.3 is 19.8 Å². The number of rotatable bonds is 39. The molecule has 3 unspecified atom stereocenters. The number of allylic oxidation sites excluding steroid dienone is 4. The minimum atomic E-state index is -4.61. The highest BCUT2D eigenvalue weighted by Gasteiger charge is 2.27. The largest absolute Gasteiger partial charge is 0.472 e. The van der Waals surface area contributed by atoms with Crippen molar-refractivity contribution in [2.45, 2.75) is 199 Å². The van der Waals surface area contributed by atoms with Crippen LogP contribution >= 0.6 is 7.82 Å². The van der Waals surface area contributed by atoms with Gasteiger partial charge in [-0.15, -0.1) is 0 Å². The fraction of sp³-hybridized carbons (Fsp3) is 0.854. The van der Waals surface area contributed by atoms with Gasteiger partial charge in [-0.25, -0.2) is 4.57 Å². The Balaban J connectivity index is 4.30. The number of hydrogen-bond acceptors (Lipinski definition) is 9. The molecular weight excluding hydrogens is 683 g/mol. The standard InChI is InChI=1S/C41H77O10P/c1-3-5-7-9-11-13-15-16-17-18-19-20-21-23-25-27-29-31-33-41(45)51-39(37-50-52(46,47)49-35-38(43)34-42)36-48-40(44)32-30-28-26-24-22-14-12-10-8-6-4-2/h13,15,17-18,38-39,42-43H,3-12,14,16,19-37H2,1-2H3,(H,46,47)/b15-13-,18-17-. The molecule has 0 aliphatic heterocycles. The summed E-state index contributed by atoms with van der Waals surface area (Å²) in [6.45, 7) is 2.35. The molecule has 0 aromatic rings. The molecule has 0 heterocycles. The van der Waals surface area contributed by atoms with Gasteiger partial charge in [0.25, 0.3) is 0 Å². The maximum absolute atomic E-state index is 12.6. The zero-order valence-electron chi connectivity index (χ0n) is 33.0. The summed E-state index contributed by atoms with van der Waals surface area (Å²) >= 11 is 0. The molecule has 0 aromatic carbocycles. The third-order valence-electron chi connectivity index (χ3n) is 8.86. The van der Waals surface area contributed by atoms with Gasteiger partial charge in [0.05, 0.1) is 19.8 Å². The number of phosphoric acid groups is 1. The van der Waals surface area contributed by atoms with Crippen LogP contribution in [0.25, 0.3) is 0 Å². The van der Waals surface area contributed by atoms with Crippen LogP contribution in [0.3, 0.4) is 0 Å². The first kappa shape index (κ1) is 50.5. The smallest absolute Gasteiger partial charge is 0.462 e. The first-order valence-corrected chi connectivity index (χ1v) is 22.3. The lowest BCUT2D eigenvalue weighted by molar-refractivity contribution is -0.161. The number of aliphatic hydroxyl groups excluding tert-OH is 2. The first-order chi connectivity index (χ1) is 25.2. The second-order valence-electron chi connectivity index (χ2n) is 14.0. The summed E-state index contributed by atoms with van der Waals surface area (Å²) in [5, 5.41) is 18.3. The van der Waals surface area contributed by atoms with E-state index in [4.69, 9.17) is 19.1 Å². The lowest BCUT2D eigenvalue weighted by Crippen LogP contribution is -2.29. The van der Waals surface area contributed by atoms with Crippen molar-refractivity contribution < 1.29 is 47.8 Å². The van der Waals surface area contributed by atoms with Gasteiger partial charge in [-0.3, -0.25) is 18.6 Å². The van der Waals surface area contributed by atoms with Crippen LogP contribution in [-0.2, 0) is 32.7 Å². The molecule has 10 nitrogen and oxygen atoms in total. The average Bonchev–Trinajstić information content (AvgIpc) is 3.13. The molecule has 52 heavy (non-hydrogen) atoms. The van der Waals surface area contributed by atoms with E-state index in [2.05, 4.69) is 42.7 Å². The van der Waals surface area contributed by atoms with Gasteiger partial charge in [0, 0.05) is 12.8 Å². The van der Waals surface area contributed by atoms with Gasteiger partial charge in [0.1, 0.15) is 12.7 Å². The minimum Gasteiger partial charge on any atom is -0.462 e. The minimum absolute atomic E-state index is 0.178. The van der Waals surface area contributed by atoms with Crippen molar-refractivity contribution in [3.63, 3.8) is 0 Å². The molecule has 3 N–H and O–H groups in total. The van der Waals surface area contributed by atoms with Crippen LogP contribution in [0.2, 0.25) is 0 Å². The van der Waals surface area contributed by atoms with Crippen molar-refractivity contribution >= 4 is 19.8 Å². The number of unbranched alkanes of at least 4 members (excludes halogenated alkanes) is 21. The topological polar surface area (TPSA) is 149 Å². The van der Waals surface area contributed by atoms with Crippen LogP contribution in [0, 0.1) is 0 Å². The lowest BCUT2D eigenvalue weighted by Gasteiger charge is -2.20. The Labute approximate surface area is 317 Å². The lowest BCUT2D eigenvalue weighted by atomic mass is 10.1. The van der Waals surface area contributed by atoms with Gasteiger partial charge in [-0.1, -0.05) is 154 Å². The Kier molecular flexibility index (Phi) is 36.6. The molecule has 0 saturated carbocycles. The van der Waals surface area contributed by atoms with Gasteiger partial charge in [0.2, 0.25) is 0 Å². The van der Waals surface area contributed by atoms with Gasteiger partial charge < -0.3 is 24.6 Å². The number of carbonyl (C=O) groups excluding carboxylic acids is 2. The molecule has 0 bridgehead atoms. The van der Waals surface area contributed by atoms with Gasteiger partial charge in [0.15, 0.2) is 6.10 Å². The fourth-order valence-corrected chi connectivity index (χ4v) is 6.40. The first-order valence-electron chi connectivity index (χ1n) is 20.8. The van der Waals surface area contributed by atoms with Crippen molar-refractivity contribution in [1.29, 1.82) is 0 Å². The highest BCUT2D eigenvalue weighted by atomic mass is 31.2. The van der Waals surface area contributed by atoms with Crippen LogP contribution < -0.4 is 0 Å². The summed E-state index contributed by atoms with van der Waals surface area (Å²) in [5.74, 6) is -0.930. The molecule has 0 rings (SSSR count). The molecule has 306 valence electrons. The highest BCUT2D eigenvalue weighted by Crippen LogP contribution is 2.43. The maximum Gasteiger partial charge on any atom is 0.472 e. The molecule has 0 saturated heterocycles. The van der Waals surface area contributed by atoms with E-state index >= 15 is 0 Å². The Morgan fingerprint density at radius 3 is 1.50 bits per heavy atom. The molecule has 0 aliphatic carbocycles. The van der Waals surface area contributed by atoms with E-state index in [-0.39, 0.29) is 19.4 Å². The second-order valence-corrected chi connectivity index (χ2v) is 15.5. The van der Waals surface area contributed by atoms with E-state index in [1.165, 1.54) is 96.3 Å². The predicted molar refractivity (Wildman–Crippen MR) is 210 cm³/mol. The Bertz CT molecular complexity index is 925. The second kappa shape index (κ2) is 37.8. The molecular formula is C41H77O10P. The van der Waals surface area contributed by atoms with E-state index < -0.39 is 51.8 Å². The summed E-state index contributed by atoms with van der Waals surface area (Å²) < 4.78 is 32.6. The molecule has 0 amide bonds. The molecule has 0 radical (unpaired) electrons. The van der Waals surface area contributed by atoms with Crippen LogP contribution in [0.4, 0.5) is 0 Å². The van der Waals surface area contributed by atoms with Crippen molar-refractivity contribution in [3.05, 3.63) is 24.3 Å². The molecule has 0 aliphatic rings. The Morgan fingerprint density at radius 1 is 0.577 bits per heavy atom. The molecule has 0 spiro atoms. The van der Waals surface area contributed by atoms with E-state index in [9.17, 15) is 24.2 Å².